The molecule has 0 aliphatic rings. The summed E-state index contributed by atoms with van der Waals surface area (Å²) in [6.07, 6.45) is -2.38. The Labute approximate surface area is 64.6 Å². The lowest BCUT2D eigenvalue weighted by atomic mass is 10.2. The summed E-state index contributed by atoms with van der Waals surface area (Å²) in [5, 5.41) is 0. The highest BCUT2D eigenvalue weighted by atomic mass is 19.3. The van der Waals surface area contributed by atoms with Crippen molar-refractivity contribution in [3.8, 4) is 0 Å². The van der Waals surface area contributed by atoms with E-state index < -0.39 is 29.4 Å². The van der Waals surface area contributed by atoms with Crippen LogP contribution in [0.5, 0.6) is 0 Å². The molecule has 5 heteroatoms. The van der Waals surface area contributed by atoms with Crippen LogP contribution in [0, 0.1) is 23.9 Å². The molecule has 0 aliphatic carbocycles. The minimum atomic E-state index is -2.38. The molecule has 12 heavy (non-hydrogen) atoms. The fourth-order valence-electron chi connectivity index (χ4n) is 0.672. The van der Waals surface area contributed by atoms with Gasteiger partial charge in [-0.2, -0.15) is 8.78 Å². The molecule has 0 amide bonds. The zero-order chi connectivity index (χ0) is 9.30. The van der Waals surface area contributed by atoms with E-state index in [1.807, 2.05) is 0 Å². The van der Waals surface area contributed by atoms with Crippen LogP contribution in [0.1, 0.15) is 5.56 Å². The lowest BCUT2D eigenvalue weighted by Gasteiger charge is -2.00. The normalized spacial score (nSPS) is 10.8. The maximum absolute atomic E-state index is 12.4. The van der Waals surface area contributed by atoms with Crippen LogP contribution in [-0.2, 0) is 0 Å². The molecular weight excluding hydrogens is 179 g/mol. The van der Waals surface area contributed by atoms with Crippen molar-refractivity contribution >= 4 is 0 Å². The quantitative estimate of drug-likeness (QED) is 0.461. The second-order valence-electron chi connectivity index (χ2n) is 1.98. The summed E-state index contributed by atoms with van der Waals surface area (Å²) in [6, 6.07) is 0.913. The molecule has 0 aliphatic heterocycles. The van der Waals surface area contributed by atoms with E-state index in [-0.39, 0.29) is 0 Å². The Morgan fingerprint density at radius 3 is 2.00 bits per heavy atom. The van der Waals surface area contributed by atoms with E-state index in [4.69, 9.17) is 0 Å². The first kappa shape index (κ1) is 8.96. The van der Waals surface area contributed by atoms with Gasteiger partial charge in [-0.3, -0.25) is 0 Å². The van der Waals surface area contributed by atoms with Crippen molar-refractivity contribution < 1.29 is 22.0 Å². The summed E-state index contributed by atoms with van der Waals surface area (Å²) in [5.41, 5.74) is -1.21. The summed E-state index contributed by atoms with van der Waals surface area (Å²) in [4.78, 5) is 0. The standard InChI is InChI=1S/C7H2F5/c8-4-2-1-3(7(11)12)5(9)6(4)10/h1-2H. The number of hydrogen-bond acceptors (Lipinski definition) is 0. The Morgan fingerprint density at radius 2 is 1.50 bits per heavy atom. The molecule has 0 N–H and O–H groups in total. The van der Waals surface area contributed by atoms with E-state index in [0.717, 1.165) is 0 Å². The highest BCUT2D eigenvalue weighted by molar-refractivity contribution is 5.27. The van der Waals surface area contributed by atoms with Gasteiger partial charge >= 0.3 is 6.43 Å². The van der Waals surface area contributed by atoms with Gasteiger partial charge in [0.15, 0.2) is 17.5 Å². The third kappa shape index (κ3) is 1.39. The lowest BCUT2D eigenvalue weighted by molar-refractivity contribution is 0.311. The van der Waals surface area contributed by atoms with Gasteiger partial charge in [0.2, 0.25) is 0 Å². The van der Waals surface area contributed by atoms with Crippen molar-refractivity contribution in [2.45, 2.75) is 0 Å². The van der Waals surface area contributed by atoms with E-state index in [9.17, 15) is 22.0 Å². The van der Waals surface area contributed by atoms with Gasteiger partial charge in [-0.05, 0) is 12.1 Å². The summed E-state index contributed by atoms with van der Waals surface area (Å²) in [7, 11) is 0. The zero-order valence-electron chi connectivity index (χ0n) is 5.54. The summed E-state index contributed by atoms with van der Waals surface area (Å²) < 4.78 is 60.3. The molecule has 0 unspecified atom stereocenters. The Morgan fingerprint density at radius 1 is 0.917 bits per heavy atom. The minimum absolute atomic E-state index is 0.437. The fraction of sp³-hybridized carbons (Fsp3) is 0. The van der Waals surface area contributed by atoms with Crippen LogP contribution in [-0.4, -0.2) is 0 Å². The highest BCUT2D eigenvalue weighted by Crippen LogP contribution is 2.23. The molecule has 0 aromatic heterocycles. The fourth-order valence-corrected chi connectivity index (χ4v) is 0.672. The molecule has 0 fully saturated rings. The molecule has 0 saturated carbocycles. The van der Waals surface area contributed by atoms with Crippen LogP contribution in [0.2, 0.25) is 0 Å². The van der Waals surface area contributed by atoms with Gasteiger partial charge in [0.05, 0.1) is 5.56 Å². The molecule has 0 nitrogen and oxygen atoms in total. The van der Waals surface area contributed by atoms with Crippen LogP contribution in [0.15, 0.2) is 12.1 Å². The van der Waals surface area contributed by atoms with Crippen molar-refractivity contribution in [3.63, 3.8) is 0 Å². The van der Waals surface area contributed by atoms with Crippen LogP contribution in [0.25, 0.3) is 0 Å². The van der Waals surface area contributed by atoms with E-state index in [2.05, 4.69) is 0 Å². The van der Waals surface area contributed by atoms with Gasteiger partial charge < -0.3 is 0 Å². The molecule has 1 aromatic carbocycles. The predicted octanol–water partition coefficient (Wildman–Crippen LogP) is 2.88. The number of rotatable bonds is 1. The first-order valence-electron chi connectivity index (χ1n) is 2.86. The number of benzene rings is 1. The van der Waals surface area contributed by atoms with E-state index >= 15 is 0 Å². The van der Waals surface area contributed by atoms with Gasteiger partial charge in [0.25, 0.3) is 0 Å². The molecule has 0 heterocycles. The third-order valence-corrected chi connectivity index (χ3v) is 1.24. The molecule has 65 valence electrons. The second kappa shape index (κ2) is 3.08. The van der Waals surface area contributed by atoms with Crippen molar-refractivity contribution in [3.05, 3.63) is 41.6 Å². The van der Waals surface area contributed by atoms with Crippen molar-refractivity contribution in [2.24, 2.45) is 0 Å². The van der Waals surface area contributed by atoms with E-state index in [1.54, 1.807) is 0 Å². The van der Waals surface area contributed by atoms with E-state index in [0.29, 0.717) is 12.1 Å². The predicted molar refractivity (Wildman–Crippen MR) is 30.9 cm³/mol. The van der Waals surface area contributed by atoms with Gasteiger partial charge in [0.1, 0.15) is 0 Å². The highest BCUT2D eigenvalue weighted by Gasteiger charge is 2.20. The van der Waals surface area contributed by atoms with E-state index in [1.165, 1.54) is 0 Å². The molecule has 0 saturated heterocycles. The lowest BCUT2D eigenvalue weighted by Crippen LogP contribution is -1.97. The largest absolute Gasteiger partial charge is 0.342 e. The Bertz CT molecular complexity index is 294. The first-order valence-corrected chi connectivity index (χ1v) is 2.86. The minimum Gasteiger partial charge on any atom is -0.204 e. The molecule has 1 aromatic rings. The Kier molecular flexibility index (Phi) is 2.30. The SMILES string of the molecule is F[C](F)c1ccc(F)c(F)c1F. The molecule has 0 bridgehead atoms. The maximum Gasteiger partial charge on any atom is 0.342 e. The zero-order valence-corrected chi connectivity index (χ0v) is 5.54. The molecule has 0 spiro atoms. The topological polar surface area (TPSA) is 0 Å². The summed E-state index contributed by atoms with van der Waals surface area (Å²) >= 11 is 0. The average Bonchev–Trinajstić information content (AvgIpc) is 2.00. The van der Waals surface area contributed by atoms with Crippen molar-refractivity contribution in [2.75, 3.05) is 0 Å². The first-order chi connectivity index (χ1) is 5.54. The molecule has 1 rings (SSSR count). The number of halogens is 5. The van der Waals surface area contributed by atoms with Crippen LogP contribution in [0.4, 0.5) is 22.0 Å². The average molecular weight is 181 g/mol. The molecule has 1 radical (unpaired) electrons. The van der Waals surface area contributed by atoms with Gasteiger partial charge in [0, 0.05) is 0 Å². The van der Waals surface area contributed by atoms with Gasteiger partial charge in [-0.1, -0.05) is 0 Å². The summed E-state index contributed by atoms with van der Waals surface area (Å²) in [6.45, 7) is 0. The monoisotopic (exact) mass is 181 g/mol. The summed E-state index contributed by atoms with van der Waals surface area (Å²) in [5.74, 6) is -5.24. The number of hydrogen-bond donors (Lipinski definition) is 0. The maximum atomic E-state index is 12.4. The van der Waals surface area contributed by atoms with Crippen molar-refractivity contribution in [1.82, 2.24) is 0 Å². The third-order valence-electron chi connectivity index (χ3n) is 1.24. The molecule has 0 atom stereocenters. The second-order valence-corrected chi connectivity index (χ2v) is 1.98. The van der Waals surface area contributed by atoms with Crippen molar-refractivity contribution in [1.29, 1.82) is 0 Å². The van der Waals surface area contributed by atoms with Crippen LogP contribution < -0.4 is 0 Å². The smallest absolute Gasteiger partial charge is 0.204 e. The van der Waals surface area contributed by atoms with Gasteiger partial charge in [-0.25, -0.2) is 13.2 Å². The Hall–Kier alpha value is -1.13. The molecular formula is C7H2F5. The Balaban J connectivity index is 3.27. The van der Waals surface area contributed by atoms with Crippen LogP contribution >= 0.6 is 0 Å². The van der Waals surface area contributed by atoms with Gasteiger partial charge in [-0.15, -0.1) is 0 Å². The van der Waals surface area contributed by atoms with Crippen LogP contribution in [0.3, 0.4) is 0 Å².